The molecule has 94 valence electrons. The van der Waals surface area contributed by atoms with Crippen LogP contribution in [0.5, 0.6) is 5.88 Å². The average molecular weight is 238 g/mol. The van der Waals surface area contributed by atoms with Crippen LogP contribution in [0.3, 0.4) is 0 Å². The predicted molar refractivity (Wildman–Crippen MR) is 64.0 cm³/mol. The minimum absolute atomic E-state index is 0.290. The van der Waals surface area contributed by atoms with Crippen LogP contribution in [0.25, 0.3) is 0 Å². The summed E-state index contributed by atoms with van der Waals surface area (Å²) >= 11 is 0. The van der Waals surface area contributed by atoms with Crippen molar-refractivity contribution in [2.75, 3.05) is 31.6 Å². The van der Waals surface area contributed by atoms with Crippen molar-refractivity contribution in [2.24, 2.45) is 5.73 Å². The molecular weight excluding hydrogens is 220 g/mol. The third-order valence-electron chi connectivity index (χ3n) is 2.54. The smallest absolute Gasteiger partial charge is 0.218 e. The third kappa shape index (κ3) is 3.83. The van der Waals surface area contributed by atoms with Crippen molar-refractivity contribution in [3.05, 3.63) is 12.4 Å². The maximum Gasteiger partial charge on any atom is 0.218 e. The monoisotopic (exact) mass is 238 g/mol. The maximum absolute atomic E-state index is 5.52. The van der Waals surface area contributed by atoms with E-state index in [-0.39, 0.29) is 0 Å². The SMILES string of the molecule is NCCOc1cc(NCC2CCCO2)ncn1. The quantitative estimate of drug-likeness (QED) is 0.746. The molecule has 1 aliphatic rings. The molecule has 1 aliphatic heterocycles. The van der Waals surface area contributed by atoms with E-state index in [1.165, 1.54) is 6.33 Å². The predicted octanol–water partition coefficient (Wildman–Crippen LogP) is 0.405. The second-order valence-electron chi connectivity index (χ2n) is 3.89. The highest BCUT2D eigenvalue weighted by atomic mass is 16.5. The van der Waals surface area contributed by atoms with Crippen molar-refractivity contribution in [1.82, 2.24) is 9.97 Å². The van der Waals surface area contributed by atoms with Crippen molar-refractivity contribution in [3.8, 4) is 5.88 Å². The summed E-state index contributed by atoms with van der Waals surface area (Å²) in [6.07, 6.45) is 4.01. The van der Waals surface area contributed by atoms with Crippen molar-refractivity contribution in [3.63, 3.8) is 0 Å². The number of aromatic nitrogens is 2. The van der Waals surface area contributed by atoms with E-state index in [0.717, 1.165) is 31.8 Å². The Morgan fingerprint density at radius 1 is 1.53 bits per heavy atom. The van der Waals surface area contributed by atoms with Gasteiger partial charge in [0.05, 0.1) is 6.10 Å². The van der Waals surface area contributed by atoms with Gasteiger partial charge in [0.1, 0.15) is 18.8 Å². The van der Waals surface area contributed by atoms with Gasteiger partial charge < -0.3 is 20.5 Å². The highest BCUT2D eigenvalue weighted by Gasteiger charge is 2.15. The lowest BCUT2D eigenvalue weighted by atomic mass is 10.2. The van der Waals surface area contributed by atoms with Gasteiger partial charge in [-0.1, -0.05) is 0 Å². The first kappa shape index (κ1) is 12.1. The third-order valence-corrected chi connectivity index (χ3v) is 2.54. The number of nitrogens with zero attached hydrogens (tertiary/aromatic N) is 2. The first-order valence-electron chi connectivity index (χ1n) is 5.89. The molecule has 0 aliphatic carbocycles. The van der Waals surface area contributed by atoms with Crippen LogP contribution < -0.4 is 15.8 Å². The molecule has 1 unspecified atom stereocenters. The highest BCUT2D eigenvalue weighted by molar-refractivity contribution is 5.37. The Labute approximate surface area is 101 Å². The zero-order valence-corrected chi connectivity index (χ0v) is 9.76. The number of ether oxygens (including phenoxy) is 2. The minimum atomic E-state index is 0.290. The van der Waals surface area contributed by atoms with E-state index < -0.39 is 0 Å². The van der Waals surface area contributed by atoms with Crippen molar-refractivity contribution in [1.29, 1.82) is 0 Å². The minimum Gasteiger partial charge on any atom is -0.476 e. The Balaban J connectivity index is 1.82. The van der Waals surface area contributed by atoms with E-state index in [0.29, 0.717) is 25.1 Å². The van der Waals surface area contributed by atoms with E-state index in [4.69, 9.17) is 15.2 Å². The van der Waals surface area contributed by atoms with Gasteiger partial charge in [0.15, 0.2) is 0 Å². The summed E-state index contributed by atoms with van der Waals surface area (Å²) in [7, 11) is 0. The molecule has 0 amide bonds. The first-order valence-corrected chi connectivity index (χ1v) is 5.89. The van der Waals surface area contributed by atoms with Gasteiger partial charge in [-0.2, -0.15) is 0 Å². The van der Waals surface area contributed by atoms with Crippen LogP contribution >= 0.6 is 0 Å². The molecule has 1 atom stereocenters. The van der Waals surface area contributed by atoms with Gasteiger partial charge in [0, 0.05) is 25.8 Å². The molecule has 1 saturated heterocycles. The molecule has 0 spiro atoms. The summed E-state index contributed by atoms with van der Waals surface area (Å²) in [6.45, 7) is 2.57. The number of hydrogen-bond acceptors (Lipinski definition) is 6. The Morgan fingerprint density at radius 2 is 2.47 bits per heavy atom. The lowest BCUT2D eigenvalue weighted by molar-refractivity contribution is 0.120. The summed E-state index contributed by atoms with van der Waals surface area (Å²) in [5, 5.41) is 3.22. The molecule has 6 heteroatoms. The van der Waals surface area contributed by atoms with Crippen LogP contribution in [-0.4, -0.2) is 42.4 Å². The molecule has 1 aromatic rings. The largest absolute Gasteiger partial charge is 0.476 e. The fourth-order valence-electron chi connectivity index (χ4n) is 1.70. The van der Waals surface area contributed by atoms with Crippen molar-refractivity contribution in [2.45, 2.75) is 18.9 Å². The standard InChI is InChI=1S/C11H18N4O2/c12-3-5-17-11-6-10(14-8-15-11)13-7-9-2-1-4-16-9/h6,8-9H,1-5,7,12H2,(H,13,14,15). The van der Waals surface area contributed by atoms with Crippen molar-refractivity contribution >= 4 is 5.82 Å². The molecule has 1 aromatic heterocycles. The van der Waals surface area contributed by atoms with Crippen molar-refractivity contribution < 1.29 is 9.47 Å². The van der Waals surface area contributed by atoms with Gasteiger partial charge >= 0.3 is 0 Å². The molecule has 3 N–H and O–H groups in total. The average Bonchev–Trinajstić information content (AvgIpc) is 2.87. The number of rotatable bonds is 6. The van der Waals surface area contributed by atoms with E-state index >= 15 is 0 Å². The molecule has 0 radical (unpaired) electrons. The molecular formula is C11H18N4O2. The van der Waals surface area contributed by atoms with E-state index in [2.05, 4.69) is 15.3 Å². The fourth-order valence-corrected chi connectivity index (χ4v) is 1.70. The molecule has 2 heterocycles. The molecule has 2 rings (SSSR count). The van der Waals surface area contributed by atoms with Crippen LogP contribution in [0.4, 0.5) is 5.82 Å². The van der Waals surface area contributed by atoms with E-state index in [1.807, 2.05) is 0 Å². The van der Waals surface area contributed by atoms with E-state index in [1.54, 1.807) is 6.07 Å². The molecule has 17 heavy (non-hydrogen) atoms. The Morgan fingerprint density at radius 3 is 3.24 bits per heavy atom. The van der Waals surface area contributed by atoms with Crippen LogP contribution in [0, 0.1) is 0 Å². The van der Waals surface area contributed by atoms with Crippen LogP contribution in [0.15, 0.2) is 12.4 Å². The molecule has 1 fully saturated rings. The van der Waals surface area contributed by atoms with Gasteiger partial charge in [0.2, 0.25) is 5.88 Å². The second kappa shape index (κ2) is 6.36. The first-order chi connectivity index (χ1) is 8.38. The van der Waals surface area contributed by atoms with Gasteiger partial charge in [-0.25, -0.2) is 9.97 Å². The fraction of sp³-hybridized carbons (Fsp3) is 0.636. The van der Waals surface area contributed by atoms with Gasteiger partial charge in [-0.3, -0.25) is 0 Å². The second-order valence-corrected chi connectivity index (χ2v) is 3.89. The van der Waals surface area contributed by atoms with Crippen LogP contribution in [0.1, 0.15) is 12.8 Å². The molecule has 0 aromatic carbocycles. The number of anilines is 1. The highest BCUT2D eigenvalue weighted by Crippen LogP contribution is 2.14. The number of hydrogen-bond donors (Lipinski definition) is 2. The summed E-state index contributed by atoms with van der Waals surface area (Å²) < 4.78 is 10.8. The normalized spacial score (nSPS) is 19.2. The van der Waals surface area contributed by atoms with Crippen LogP contribution in [0.2, 0.25) is 0 Å². The lowest BCUT2D eigenvalue weighted by Gasteiger charge is -2.11. The topological polar surface area (TPSA) is 82.3 Å². The summed E-state index contributed by atoms with van der Waals surface area (Å²) in [5.41, 5.74) is 5.36. The zero-order chi connectivity index (χ0) is 11.9. The van der Waals surface area contributed by atoms with Gasteiger partial charge in [-0.05, 0) is 12.8 Å². The zero-order valence-electron chi connectivity index (χ0n) is 9.76. The van der Waals surface area contributed by atoms with Crippen LogP contribution in [-0.2, 0) is 4.74 Å². The van der Waals surface area contributed by atoms with Gasteiger partial charge in [0.25, 0.3) is 0 Å². The van der Waals surface area contributed by atoms with E-state index in [9.17, 15) is 0 Å². The molecule has 6 nitrogen and oxygen atoms in total. The Hall–Kier alpha value is -1.40. The summed E-state index contributed by atoms with van der Waals surface area (Å²) in [4.78, 5) is 8.12. The molecule has 0 bridgehead atoms. The summed E-state index contributed by atoms with van der Waals surface area (Å²) in [6, 6.07) is 1.77. The lowest BCUT2D eigenvalue weighted by Crippen LogP contribution is -2.19. The maximum atomic E-state index is 5.52. The van der Waals surface area contributed by atoms with Gasteiger partial charge in [-0.15, -0.1) is 0 Å². The molecule has 0 saturated carbocycles. The Bertz CT molecular complexity index is 342. The number of nitrogens with one attached hydrogen (secondary N) is 1. The Kier molecular flexibility index (Phi) is 4.52. The summed E-state index contributed by atoms with van der Waals surface area (Å²) in [5.74, 6) is 1.29. The number of nitrogens with two attached hydrogens (primary N) is 1.